The molecule has 0 aromatic heterocycles. The maximum Gasteiger partial charge on any atom is 0.407 e. The average molecular weight is 258 g/mol. The van der Waals surface area contributed by atoms with Crippen molar-refractivity contribution < 1.29 is 24.2 Å². The number of aliphatic carboxylic acids is 1. The van der Waals surface area contributed by atoms with E-state index in [4.69, 9.17) is 5.11 Å². The number of carboxylic acids is 1. The minimum Gasteiger partial charge on any atom is -0.480 e. The van der Waals surface area contributed by atoms with Gasteiger partial charge in [0.1, 0.15) is 6.04 Å². The zero-order chi connectivity index (χ0) is 14.1. The molecule has 7 nitrogen and oxygen atoms in total. The summed E-state index contributed by atoms with van der Waals surface area (Å²) >= 11 is 0. The maximum atomic E-state index is 11.2. The van der Waals surface area contributed by atoms with Gasteiger partial charge < -0.3 is 20.1 Å². The molecule has 18 heavy (non-hydrogen) atoms. The van der Waals surface area contributed by atoms with Crippen LogP contribution in [0.3, 0.4) is 0 Å². The van der Waals surface area contributed by atoms with Gasteiger partial charge >= 0.3 is 12.1 Å². The highest BCUT2D eigenvalue weighted by Crippen LogP contribution is 2.00. The molecule has 0 rings (SSSR count). The number of hydrogen-bond acceptors (Lipinski definition) is 4. The Morgan fingerprint density at radius 3 is 2.44 bits per heavy atom. The molecule has 0 aromatic rings. The Balaban J connectivity index is 4.17. The standard InChI is InChI=1S/C11H18N2O5/c1-13(2)9(14)7-5-4-6-8(10(15)16)12-11(17)18-3/h5,7-8H,4,6H2,1-3H3,(H,12,17)(H,15,16)/b7-5+/t8-/m1/s1. The lowest BCUT2D eigenvalue weighted by Crippen LogP contribution is -2.40. The number of nitrogens with zero attached hydrogens (tertiary/aromatic N) is 1. The Morgan fingerprint density at radius 2 is 2.00 bits per heavy atom. The first-order valence-electron chi connectivity index (χ1n) is 5.33. The molecular formula is C11H18N2O5. The van der Waals surface area contributed by atoms with E-state index in [1.54, 1.807) is 20.2 Å². The second-order valence-electron chi connectivity index (χ2n) is 3.74. The number of amides is 2. The Hall–Kier alpha value is -2.05. The zero-order valence-electron chi connectivity index (χ0n) is 10.7. The topological polar surface area (TPSA) is 95.9 Å². The van der Waals surface area contributed by atoms with Gasteiger partial charge in [-0.15, -0.1) is 0 Å². The van der Waals surface area contributed by atoms with E-state index >= 15 is 0 Å². The van der Waals surface area contributed by atoms with Crippen molar-refractivity contribution in [2.45, 2.75) is 18.9 Å². The van der Waals surface area contributed by atoms with E-state index in [-0.39, 0.29) is 12.3 Å². The van der Waals surface area contributed by atoms with Crippen LogP contribution in [0.25, 0.3) is 0 Å². The molecule has 0 aliphatic heterocycles. The molecule has 0 aliphatic rings. The van der Waals surface area contributed by atoms with Crippen LogP contribution >= 0.6 is 0 Å². The summed E-state index contributed by atoms with van der Waals surface area (Å²) in [5.74, 6) is -1.32. The molecule has 0 unspecified atom stereocenters. The van der Waals surface area contributed by atoms with Gasteiger partial charge in [0.05, 0.1) is 7.11 Å². The fourth-order valence-corrected chi connectivity index (χ4v) is 1.05. The first-order chi connectivity index (χ1) is 8.38. The molecule has 7 heteroatoms. The summed E-state index contributed by atoms with van der Waals surface area (Å²) < 4.78 is 4.31. The zero-order valence-corrected chi connectivity index (χ0v) is 10.7. The number of carbonyl (C=O) groups is 3. The van der Waals surface area contributed by atoms with Gasteiger partial charge in [0.15, 0.2) is 0 Å². The highest BCUT2D eigenvalue weighted by molar-refractivity contribution is 5.87. The number of ether oxygens (including phenoxy) is 1. The third-order valence-corrected chi connectivity index (χ3v) is 2.10. The van der Waals surface area contributed by atoms with Crippen LogP contribution in [-0.2, 0) is 14.3 Å². The van der Waals surface area contributed by atoms with Crippen molar-refractivity contribution in [1.82, 2.24) is 10.2 Å². The van der Waals surface area contributed by atoms with Crippen LogP contribution in [-0.4, -0.2) is 55.2 Å². The van der Waals surface area contributed by atoms with Crippen LogP contribution < -0.4 is 5.32 Å². The summed E-state index contributed by atoms with van der Waals surface area (Å²) in [6, 6.07) is -1.03. The molecule has 0 bridgehead atoms. The molecule has 0 aliphatic carbocycles. The van der Waals surface area contributed by atoms with E-state index in [0.29, 0.717) is 6.42 Å². The fraction of sp³-hybridized carbons (Fsp3) is 0.545. The van der Waals surface area contributed by atoms with Crippen LogP contribution in [0.4, 0.5) is 4.79 Å². The summed E-state index contributed by atoms with van der Waals surface area (Å²) in [6.45, 7) is 0. The average Bonchev–Trinajstić information content (AvgIpc) is 2.31. The van der Waals surface area contributed by atoms with Gasteiger partial charge in [0.2, 0.25) is 5.91 Å². The number of methoxy groups -OCH3 is 1. The molecule has 2 N–H and O–H groups in total. The maximum absolute atomic E-state index is 11.2. The molecule has 0 saturated carbocycles. The highest BCUT2D eigenvalue weighted by atomic mass is 16.5. The van der Waals surface area contributed by atoms with Crippen LogP contribution in [0.5, 0.6) is 0 Å². The first-order valence-corrected chi connectivity index (χ1v) is 5.33. The van der Waals surface area contributed by atoms with Crippen LogP contribution in [0.15, 0.2) is 12.2 Å². The Kier molecular flexibility index (Phi) is 7.18. The summed E-state index contributed by atoms with van der Waals surface area (Å²) in [5.41, 5.74) is 0. The number of carboxylic acid groups (broad SMARTS) is 1. The Bertz CT molecular complexity index is 338. The van der Waals surface area contributed by atoms with Crippen molar-refractivity contribution in [3.8, 4) is 0 Å². The normalized spacial score (nSPS) is 11.9. The molecule has 0 heterocycles. The highest BCUT2D eigenvalue weighted by Gasteiger charge is 2.18. The second kappa shape index (κ2) is 8.10. The molecule has 0 aromatic carbocycles. The van der Waals surface area contributed by atoms with Gasteiger partial charge in [-0.25, -0.2) is 9.59 Å². The SMILES string of the molecule is COC(=O)N[C@H](CC/C=C/C(=O)N(C)C)C(=O)O. The van der Waals surface area contributed by atoms with Crippen LogP contribution in [0, 0.1) is 0 Å². The number of likely N-dealkylation sites (N-methyl/N-ethyl adjacent to an activating group) is 1. The number of allylic oxidation sites excluding steroid dienone is 1. The number of carbonyl (C=O) groups excluding carboxylic acids is 2. The molecule has 102 valence electrons. The van der Waals surface area contributed by atoms with Gasteiger partial charge in [-0.05, 0) is 18.9 Å². The lowest BCUT2D eigenvalue weighted by molar-refractivity contribution is -0.139. The van der Waals surface area contributed by atoms with Gasteiger partial charge in [0.25, 0.3) is 0 Å². The van der Waals surface area contributed by atoms with Crippen LogP contribution in [0.2, 0.25) is 0 Å². The molecular weight excluding hydrogens is 240 g/mol. The molecule has 0 saturated heterocycles. The van der Waals surface area contributed by atoms with Crippen molar-refractivity contribution >= 4 is 18.0 Å². The largest absolute Gasteiger partial charge is 0.480 e. The monoisotopic (exact) mass is 258 g/mol. The van der Waals surface area contributed by atoms with Crippen molar-refractivity contribution in [2.24, 2.45) is 0 Å². The number of hydrogen-bond donors (Lipinski definition) is 2. The lowest BCUT2D eigenvalue weighted by atomic mass is 10.1. The van der Waals surface area contributed by atoms with Gasteiger partial charge in [-0.3, -0.25) is 4.79 Å². The van der Waals surface area contributed by atoms with E-state index in [9.17, 15) is 14.4 Å². The van der Waals surface area contributed by atoms with Gasteiger partial charge in [0, 0.05) is 14.1 Å². The minimum absolute atomic E-state index is 0.178. The first kappa shape index (κ1) is 16.0. The predicted molar refractivity (Wildman–Crippen MR) is 64.0 cm³/mol. The number of rotatable bonds is 6. The molecule has 1 atom stereocenters. The van der Waals surface area contributed by atoms with E-state index in [1.807, 2.05) is 0 Å². The third kappa shape index (κ3) is 6.51. The van der Waals surface area contributed by atoms with Crippen molar-refractivity contribution in [3.05, 3.63) is 12.2 Å². The van der Waals surface area contributed by atoms with Crippen molar-refractivity contribution in [3.63, 3.8) is 0 Å². The number of alkyl carbamates (subject to hydrolysis) is 1. The Morgan fingerprint density at radius 1 is 1.39 bits per heavy atom. The second-order valence-corrected chi connectivity index (χ2v) is 3.74. The Labute approximate surface area is 105 Å². The minimum atomic E-state index is -1.15. The summed E-state index contributed by atoms with van der Waals surface area (Å²) in [7, 11) is 4.39. The molecule has 0 spiro atoms. The molecule has 2 amide bonds. The van der Waals surface area contributed by atoms with E-state index in [0.717, 1.165) is 7.11 Å². The summed E-state index contributed by atoms with van der Waals surface area (Å²) in [5, 5.41) is 11.0. The van der Waals surface area contributed by atoms with E-state index in [2.05, 4.69) is 10.1 Å². The molecule has 0 radical (unpaired) electrons. The van der Waals surface area contributed by atoms with E-state index in [1.165, 1.54) is 11.0 Å². The smallest absolute Gasteiger partial charge is 0.407 e. The fourth-order valence-electron chi connectivity index (χ4n) is 1.05. The van der Waals surface area contributed by atoms with Gasteiger partial charge in [-0.1, -0.05) is 6.08 Å². The van der Waals surface area contributed by atoms with Gasteiger partial charge in [-0.2, -0.15) is 0 Å². The number of nitrogens with one attached hydrogen (secondary N) is 1. The summed E-state index contributed by atoms with van der Waals surface area (Å²) in [6.07, 6.45) is 2.67. The van der Waals surface area contributed by atoms with Crippen molar-refractivity contribution in [1.29, 1.82) is 0 Å². The van der Waals surface area contributed by atoms with Crippen molar-refractivity contribution in [2.75, 3.05) is 21.2 Å². The van der Waals surface area contributed by atoms with E-state index < -0.39 is 18.1 Å². The lowest BCUT2D eigenvalue weighted by Gasteiger charge is -2.12. The molecule has 0 fully saturated rings. The van der Waals surface area contributed by atoms with Crippen LogP contribution in [0.1, 0.15) is 12.8 Å². The third-order valence-electron chi connectivity index (χ3n) is 2.10. The quantitative estimate of drug-likeness (QED) is 0.664. The predicted octanol–water partition coefficient (Wildman–Crippen LogP) is 0.220. The summed E-state index contributed by atoms with van der Waals surface area (Å²) in [4.78, 5) is 34.3.